The van der Waals surface area contributed by atoms with E-state index in [1.54, 1.807) is 35.9 Å². The minimum absolute atomic E-state index is 0.379. The Morgan fingerprint density at radius 1 is 1.38 bits per heavy atom. The van der Waals surface area contributed by atoms with Crippen molar-refractivity contribution < 1.29 is 14.3 Å². The minimum atomic E-state index is -0.379. The average molecular weight is 217 g/mol. The highest BCUT2D eigenvalue weighted by Crippen LogP contribution is 2.19. The molecule has 1 heterocycles. The smallest absolute Gasteiger partial charge is 0.337 e. The van der Waals surface area contributed by atoms with Crippen molar-refractivity contribution in [3.8, 4) is 0 Å². The number of aldehydes is 1. The number of aryl methyl sites for hydroxylation is 1. The van der Waals surface area contributed by atoms with Gasteiger partial charge in [0, 0.05) is 18.0 Å². The standard InChI is InChI=1S/C12H11NO3/c1-13-10(7-14)5-8-3-4-9(6-11(8)13)12(15)16-2/h3-7H,1-2H3. The molecule has 0 unspecified atom stereocenters. The number of ether oxygens (including phenoxy) is 1. The number of hydrogen-bond donors (Lipinski definition) is 0. The number of esters is 1. The summed E-state index contributed by atoms with van der Waals surface area (Å²) < 4.78 is 6.39. The molecular weight excluding hydrogens is 206 g/mol. The van der Waals surface area contributed by atoms with Crippen molar-refractivity contribution in [3.05, 3.63) is 35.5 Å². The molecule has 82 valence electrons. The van der Waals surface area contributed by atoms with Crippen molar-refractivity contribution >= 4 is 23.2 Å². The second-order valence-corrected chi connectivity index (χ2v) is 3.51. The zero-order chi connectivity index (χ0) is 11.7. The molecular formula is C12H11NO3. The number of aromatic nitrogens is 1. The van der Waals surface area contributed by atoms with Crippen LogP contribution in [0.5, 0.6) is 0 Å². The molecule has 0 amide bonds. The number of nitrogens with zero attached hydrogens (tertiary/aromatic N) is 1. The summed E-state index contributed by atoms with van der Waals surface area (Å²) in [6, 6.07) is 6.98. The summed E-state index contributed by atoms with van der Waals surface area (Å²) in [7, 11) is 3.13. The van der Waals surface area contributed by atoms with Crippen LogP contribution in [0.25, 0.3) is 10.9 Å². The molecule has 0 N–H and O–H groups in total. The molecule has 16 heavy (non-hydrogen) atoms. The Kier molecular flexibility index (Phi) is 2.48. The summed E-state index contributed by atoms with van der Waals surface area (Å²) in [6.07, 6.45) is 0.789. The van der Waals surface area contributed by atoms with Crippen LogP contribution in [-0.4, -0.2) is 23.9 Å². The molecule has 2 rings (SSSR count). The van der Waals surface area contributed by atoms with Gasteiger partial charge >= 0.3 is 5.97 Å². The lowest BCUT2D eigenvalue weighted by Crippen LogP contribution is -2.01. The minimum Gasteiger partial charge on any atom is -0.465 e. The molecule has 0 saturated heterocycles. The predicted molar refractivity (Wildman–Crippen MR) is 59.6 cm³/mol. The molecule has 0 aliphatic rings. The summed E-state index contributed by atoms with van der Waals surface area (Å²) in [6.45, 7) is 0. The van der Waals surface area contributed by atoms with Crippen LogP contribution in [0.1, 0.15) is 20.8 Å². The Balaban J connectivity index is 2.65. The summed E-state index contributed by atoms with van der Waals surface area (Å²) >= 11 is 0. The van der Waals surface area contributed by atoms with E-state index >= 15 is 0 Å². The number of carbonyl (C=O) groups excluding carboxylic acids is 2. The van der Waals surface area contributed by atoms with Crippen molar-refractivity contribution in [2.75, 3.05) is 7.11 Å². The second kappa shape index (κ2) is 3.81. The number of methoxy groups -OCH3 is 1. The number of fused-ring (bicyclic) bond motifs is 1. The maximum absolute atomic E-state index is 11.3. The Bertz CT molecular complexity index is 569. The van der Waals surface area contributed by atoms with Gasteiger partial charge in [0.05, 0.1) is 18.4 Å². The van der Waals surface area contributed by atoms with E-state index in [-0.39, 0.29) is 5.97 Å². The SMILES string of the molecule is COC(=O)c1ccc2cc(C=O)n(C)c2c1. The number of rotatable bonds is 2. The average Bonchev–Trinajstić information content (AvgIpc) is 2.64. The zero-order valence-electron chi connectivity index (χ0n) is 9.06. The van der Waals surface area contributed by atoms with Crippen molar-refractivity contribution in [2.24, 2.45) is 7.05 Å². The van der Waals surface area contributed by atoms with E-state index in [4.69, 9.17) is 0 Å². The largest absolute Gasteiger partial charge is 0.465 e. The number of carbonyl (C=O) groups is 2. The molecule has 0 atom stereocenters. The Hall–Kier alpha value is -2.10. The van der Waals surface area contributed by atoms with Crippen molar-refractivity contribution in [2.45, 2.75) is 0 Å². The van der Waals surface area contributed by atoms with Gasteiger partial charge < -0.3 is 9.30 Å². The van der Waals surface area contributed by atoms with Crippen molar-refractivity contribution in [1.82, 2.24) is 4.57 Å². The van der Waals surface area contributed by atoms with E-state index in [1.807, 2.05) is 0 Å². The first-order chi connectivity index (χ1) is 7.67. The lowest BCUT2D eigenvalue weighted by molar-refractivity contribution is 0.0601. The Labute approximate surface area is 92.4 Å². The Morgan fingerprint density at radius 3 is 2.75 bits per heavy atom. The lowest BCUT2D eigenvalue weighted by atomic mass is 10.1. The molecule has 0 bridgehead atoms. The zero-order valence-corrected chi connectivity index (χ0v) is 9.06. The van der Waals surface area contributed by atoms with Crippen molar-refractivity contribution in [1.29, 1.82) is 0 Å². The normalized spacial score (nSPS) is 10.4. The summed E-state index contributed by atoms with van der Waals surface area (Å²) in [5.41, 5.74) is 1.90. The van der Waals surface area contributed by atoms with Crippen molar-refractivity contribution in [3.63, 3.8) is 0 Å². The summed E-state index contributed by atoms with van der Waals surface area (Å²) in [5, 5.41) is 0.928. The van der Waals surface area contributed by atoms with Gasteiger partial charge in [0.1, 0.15) is 0 Å². The van der Waals surface area contributed by atoms with Crippen LogP contribution in [0.2, 0.25) is 0 Å². The van der Waals surface area contributed by atoms with Gasteiger partial charge in [0.25, 0.3) is 0 Å². The fraction of sp³-hybridized carbons (Fsp3) is 0.167. The molecule has 0 radical (unpaired) electrons. The molecule has 4 nitrogen and oxygen atoms in total. The molecule has 0 fully saturated rings. The van der Waals surface area contributed by atoms with E-state index in [0.29, 0.717) is 11.3 Å². The van der Waals surface area contributed by atoms with E-state index in [2.05, 4.69) is 4.74 Å². The van der Waals surface area contributed by atoms with Gasteiger partial charge in [-0.2, -0.15) is 0 Å². The third-order valence-electron chi connectivity index (χ3n) is 2.62. The summed E-state index contributed by atoms with van der Waals surface area (Å²) in [4.78, 5) is 22.1. The van der Waals surface area contributed by atoms with Gasteiger partial charge in [0.15, 0.2) is 6.29 Å². The van der Waals surface area contributed by atoms with Gasteiger partial charge in [-0.05, 0) is 18.2 Å². The van der Waals surface area contributed by atoms with Gasteiger partial charge in [-0.3, -0.25) is 4.79 Å². The highest BCUT2D eigenvalue weighted by molar-refractivity contribution is 5.96. The highest BCUT2D eigenvalue weighted by atomic mass is 16.5. The first-order valence-electron chi connectivity index (χ1n) is 4.80. The fourth-order valence-corrected chi connectivity index (χ4v) is 1.71. The van der Waals surface area contributed by atoms with Gasteiger partial charge in [0.2, 0.25) is 0 Å². The quantitative estimate of drug-likeness (QED) is 0.569. The molecule has 1 aromatic heterocycles. The predicted octanol–water partition coefficient (Wildman–Crippen LogP) is 1.78. The fourth-order valence-electron chi connectivity index (χ4n) is 1.71. The maximum Gasteiger partial charge on any atom is 0.337 e. The van der Waals surface area contributed by atoms with Crippen LogP contribution in [-0.2, 0) is 11.8 Å². The van der Waals surface area contributed by atoms with Gasteiger partial charge in [-0.1, -0.05) is 6.07 Å². The first-order valence-corrected chi connectivity index (χ1v) is 4.80. The lowest BCUT2D eigenvalue weighted by Gasteiger charge is -2.01. The van der Waals surface area contributed by atoms with E-state index in [1.165, 1.54) is 7.11 Å². The topological polar surface area (TPSA) is 48.3 Å². The van der Waals surface area contributed by atoms with Crippen LogP contribution in [0.3, 0.4) is 0 Å². The highest BCUT2D eigenvalue weighted by Gasteiger charge is 2.09. The monoisotopic (exact) mass is 217 g/mol. The van der Waals surface area contributed by atoms with E-state index in [0.717, 1.165) is 17.2 Å². The first kappa shape index (κ1) is 10.4. The van der Waals surface area contributed by atoms with Gasteiger partial charge in [-0.15, -0.1) is 0 Å². The van der Waals surface area contributed by atoms with Crippen LogP contribution in [0, 0.1) is 0 Å². The third kappa shape index (κ3) is 1.48. The van der Waals surface area contributed by atoms with E-state index in [9.17, 15) is 9.59 Å². The summed E-state index contributed by atoms with van der Waals surface area (Å²) in [5.74, 6) is -0.379. The molecule has 0 aliphatic heterocycles. The van der Waals surface area contributed by atoms with Gasteiger partial charge in [-0.25, -0.2) is 4.79 Å². The molecule has 0 saturated carbocycles. The van der Waals surface area contributed by atoms with Crippen LogP contribution in [0.4, 0.5) is 0 Å². The molecule has 0 aliphatic carbocycles. The van der Waals surface area contributed by atoms with Crippen LogP contribution < -0.4 is 0 Å². The van der Waals surface area contributed by atoms with E-state index < -0.39 is 0 Å². The number of hydrogen-bond acceptors (Lipinski definition) is 3. The van der Waals surface area contributed by atoms with Crippen LogP contribution in [0.15, 0.2) is 24.3 Å². The van der Waals surface area contributed by atoms with Crippen LogP contribution >= 0.6 is 0 Å². The Morgan fingerprint density at radius 2 is 2.12 bits per heavy atom. The number of benzene rings is 1. The molecule has 2 aromatic rings. The molecule has 1 aromatic carbocycles. The molecule has 0 spiro atoms. The third-order valence-corrected chi connectivity index (χ3v) is 2.62. The molecule has 4 heteroatoms. The second-order valence-electron chi connectivity index (χ2n) is 3.51. The maximum atomic E-state index is 11.3.